The average Bonchev–Trinajstić information content (AvgIpc) is 2.47. The SMILES string of the molecule is NC(=O)CNC(=O)c1ccc(Br)o1. The standard InChI is InChI=1S/C7H7BrN2O3/c8-5-2-1-4(13-5)7(12)10-3-6(9)11/h1-2H,3H2,(H2,9,11)(H,10,12). The van der Waals surface area contributed by atoms with Crippen LogP contribution < -0.4 is 11.1 Å². The molecule has 0 bridgehead atoms. The second-order valence-electron chi connectivity index (χ2n) is 2.25. The highest BCUT2D eigenvalue weighted by atomic mass is 79.9. The maximum atomic E-state index is 11.1. The summed E-state index contributed by atoms with van der Waals surface area (Å²) in [5.74, 6) is -0.934. The van der Waals surface area contributed by atoms with Crippen LogP contribution >= 0.6 is 15.9 Å². The minimum atomic E-state index is -0.598. The van der Waals surface area contributed by atoms with Gasteiger partial charge in [0.1, 0.15) is 0 Å². The van der Waals surface area contributed by atoms with Gasteiger partial charge in [-0.2, -0.15) is 0 Å². The Balaban J connectivity index is 2.54. The van der Waals surface area contributed by atoms with Crippen LogP contribution in [0.1, 0.15) is 10.6 Å². The second-order valence-corrected chi connectivity index (χ2v) is 3.03. The van der Waals surface area contributed by atoms with Crippen LogP contribution in [0.25, 0.3) is 0 Å². The molecule has 13 heavy (non-hydrogen) atoms. The van der Waals surface area contributed by atoms with Crippen molar-refractivity contribution in [2.24, 2.45) is 5.73 Å². The molecular formula is C7H7BrN2O3. The summed E-state index contributed by atoms with van der Waals surface area (Å²) in [5.41, 5.74) is 4.83. The van der Waals surface area contributed by atoms with Crippen molar-refractivity contribution in [3.05, 3.63) is 22.6 Å². The van der Waals surface area contributed by atoms with E-state index in [2.05, 4.69) is 21.2 Å². The predicted molar refractivity (Wildman–Crippen MR) is 47.9 cm³/mol. The van der Waals surface area contributed by atoms with E-state index in [1.807, 2.05) is 0 Å². The predicted octanol–water partition coefficient (Wildman–Crippen LogP) is 0.257. The molecule has 0 atom stereocenters. The van der Waals surface area contributed by atoms with E-state index in [9.17, 15) is 9.59 Å². The number of nitrogens with two attached hydrogens (primary N) is 1. The Morgan fingerprint density at radius 1 is 1.54 bits per heavy atom. The molecule has 1 heterocycles. The molecule has 0 aromatic carbocycles. The quantitative estimate of drug-likeness (QED) is 0.803. The highest BCUT2D eigenvalue weighted by molar-refractivity contribution is 9.10. The second kappa shape index (κ2) is 4.08. The van der Waals surface area contributed by atoms with Crippen molar-refractivity contribution in [3.63, 3.8) is 0 Å². The van der Waals surface area contributed by atoms with Crippen LogP contribution in [0.4, 0.5) is 0 Å². The summed E-state index contributed by atoms with van der Waals surface area (Å²) in [6, 6.07) is 3.07. The average molecular weight is 247 g/mol. The highest BCUT2D eigenvalue weighted by Gasteiger charge is 2.09. The lowest BCUT2D eigenvalue weighted by Gasteiger charge is -1.97. The lowest BCUT2D eigenvalue weighted by Crippen LogP contribution is -2.33. The zero-order valence-electron chi connectivity index (χ0n) is 6.54. The normalized spacial score (nSPS) is 9.62. The number of nitrogens with one attached hydrogen (secondary N) is 1. The fourth-order valence-corrected chi connectivity index (χ4v) is 0.997. The molecule has 0 unspecified atom stereocenters. The van der Waals surface area contributed by atoms with Gasteiger partial charge in [-0.15, -0.1) is 0 Å². The first kappa shape index (κ1) is 9.79. The molecule has 3 N–H and O–H groups in total. The Kier molecular flexibility index (Phi) is 3.07. The van der Waals surface area contributed by atoms with E-state index in [4.69, 9.17) is 10.2 Å². The molecule has 2 amide bonds. The van der Waals surface area contributed by atoms with E-state index in [0.717, 1.165) is 0 Å². The van der Waals surface area contributed by atoms with E-state index >= 15 is 0 Å². The molecule has 0 radical (unpaired) electrons. The number of furan rings is 1. The van der Waals surface area contributed by atoms with Crippen molar-refractivity contribution in [2.75, 3.05) is 6.54 Å². The molecule has 1 aromatic rings. The molecule has 5 nitrogen and oxygen atoms in total. The molecule has 0 aliphatic heterocycles. The van der Waals surface area contributed by atoms with E-state index in [0.29, 0.717) is 4.67 Å². The molecule has 0 saturated carbocycles. The van der Waals surface area contributed by atoms with Gasteiger partial charge in [0.05, 0.1) is 6.54 Å². The van der Waals surface area contributed by atoms with E-state index < -0.39 is 11.8 Å². The Morgan fingerprint density at radius 3 is 2.69 bits per heavy atom. The van der Waals surface area contributed by atoms with Gasteiger partial charge in [-0.05, 0) is 28.1 Å². The van der Waals surface area contributed by atoms with Gasteiger partial charge in [0, 0.05) is 0 Å². The molecule has 6 heteroatoms. The number of primary amides is 1. The zero-order valence-corrected chi connectivity index (χ0v) is 8.13. The number of hydrogen-bond donors (Lipinski definition) is 2. The molecule has 0 aliphatic rings. The number of carbonyl (C=O) groups is 2. The third-order valence-corrected chi connectivity index (χ3v) is 1.65. The third kappa shape index (κ3) is 2.90. The first-order chi connectivity index (χ1) is 6.09. The number of carbonyl (C=O) groups excluding carboxylic acids is 2. The Hall–Kier alpha value is -1.30. The zero-order chi connectivity index (χ0) is 9.84. The van der Waals surface area contributed by atoms with Crippen molar-refractivity contribution in [2.45, 2.75) is 0 Å². The summed E-state index contributed by atoms with van der Waals surface area (Å²) in [6.45, 7) is -0.197. The van der Waals surface area contributed by atoms with Gasteiger partial charge in [0.25, 0.3) is 5.91 Å². The van der Waals surface area contributed by atoms with E-state index in [-0.39, 0.29) is 12.3 Å². The summed E-state index contributed by atoms with van der Waals surface area (Å²) in [4.78, 5) is 21.4. The summed E-state index contributed by atoms with van der Waals surface area (Å²) < 4.78 is 5.39. The molecule has 0 saturated heterocycles. The van der Waals surface area contributed by atoms with Crippen molar-refractivity contribution in [1.82, 2.24) is 5.32 Å². The van der Waals surface area contributed by atoms with Crippen LogP contribution in [0.2, 0.25) is 0 Å². The topological polar surface area (TPSA) is 85.3 Å². The molecule has 0 fully saturated rings. The van der Waals surface area contributed by atoms with Gasteiger partial charge in [0.2, 0.25) is 5.91 Å². The minimum absolute atomic E-state index is 0.133. The summed E-state index contributed by atoms with van der Waals surface area (Å²) in [5, 5.41) is 2.28. The van der Waals surface area contributed by atoms with Crippen LogP contribution in [-0.4, -0.2) is 18.4 Å². The lowest BCUT2D eigenvalue weighted by atomic mass is 10.4. The van der Waals surface area contributed by atoms with Crippen LogP contribution in [0.5, 0.6) is 0 Å². The largest absolute Gasteiger partial charge is 0.444 e. The van der Waals surface area contributed by atoms with Gasteiger partial charge in [0.15, 0.2) is 10.4 Å². The monoisotopic (exact) mass is 246 g/mol. The van der Waals surface area contributed by atoms with Gasteiger partial charge in [-0.25, -0.2) is 0 Å². The Bertz CT molecular complexity index is 334. The van der Waals surface area contributed by atoms with E-state index in [1.165, 1.54) is 6.07 Å². The number of halogens is 1. The molecule has 0 spiro atoms. The van der Waals surface area contributed by atoms with Crippen LogP contribution in [0.15, 0.2) is 21.2 Å². The van der Waals surface area contributed by atoms with Crippen LogP contribution in [-0.2, 0) is 4.79 Å². The van der Waals surface area contributed by atoms with Crippen molar-refractivity contribution in [1.29, 1.82) is 0 Å². The summed E-state index contributed by atoms with van der Waals surface area (Å²) in [7, 11) is 0. The van der Waals surface area contributed by atoms with E-state index in [1.54, 1.807) is 6.07 Å². The first-order valence-corrected chi connectivity index (χ1v) is 4.20. The van der Waals surface area contributed by atoms with Crippen LogP contribution in [0, 0.1) is 0 Å². The highest BCUT2D eigenvalue weighted by Crippen LogP contribution is 2.13. The van der Waals surface area contributed by atoms with Gasteiger partial charge in [-0.1, -0.05) is 0 Å². The lowest BCUT2D eigenvalue weighted by molar-refractivity contribution is -0.117. The smallest absolute Gasteiger partial charge is 0.287 e. The maximum Gasteiger partial charge on any atom is 0.287 e. The van der Waals surface area contributed by atoms with Crippen molar-refractivity contribution in [3.8, 4) is 0 Å². The van der Waals surface area contributed by atoms with Gasteiger partial charge < -0.3 is 15.5 Å². The molecule has 70 valence electrons. The molecule has 1 aromatic heterocycles. The molecule has 0 aliphatic carbocycles. The van der Waals surface area contributed by atoms with Crippen LogP contribution in [0.3, 0.4) is 0 Å². The number of amides is 2. The minimum Gasteiger partial charge on any atom is -0.444 e. The number of rotatable bonds is 3. The van der Waals surface area contributed by atoms with Crippen molar-refractivity contribution < 1.29 is 14.0 Å². The fourth-order valence-electron chi connectivity index (χ4n) is 0.691. The first-order valence-electron chi connectivity index (χ1n) is 3.41. The van der Waals surface area contributed by atoms with Gasteiger partial charge in [-0.3, -0.25) is 9.59 Å². The number of hydrogen-bond acceptors (Lipinski definition) is 3. The fraction of sp³-hybridized carbons (Fsp3) is 0.143. The van der Waals surface area contributed by atoms with Crippen molar-refractivity contribution >= 4 is 27.7 Å². The summed E-state index contributed by atoms with van der Waals surface area (Å²) >= 11 is 3.04. The Morgan fingerprint density at radius 2 is 2.23 bits per heavy atom. The maximum absolute atomic E-state index is 11.1. The molecule has 1 rings (SSSR count). The molecular weight excluding hydrogens is 240 g/mol. The summed E-state index contributed by atoms with van der Waals surface area (Å²) in [6.07, 6.45) is 0. The third-order valence-electron chi connectivity index (χ3n) is 1.22. The Labute approximate surface area is 82.4 Å². The van der Waals surface area contributed by atoms with Gasteiger partial charge >= 0.3 is 0 Å².